The largest absolute Gasteiger partial charge is 0.508 e. The quantitative estimate of drug-likeness (QED) is 0.168. The maximum atomic E-state index is 10.0. The number of phenolic OH excluding ortho intramolecular Hbond substituents is 6. The second-order valence-electron chi connectivity index (χ2n) is 8.43. The first-order valence-corrected chi connectivity index (χ1v) is 11.0. The van der Waals surface area contributed by atoms with Crippen LogP contribution < -0.4 is 9.47 Å². The third kappa shape index (κ3) is 4.65. The van der Waals surface area contributed by atoms with Gasteiger partial charge in [0.1, 0.15) is 23.0 Å². The molecular weight excluding hydrogens is 464 g/mol. The van der Waals surface area contributed by atoms with E-state index in [0.29, 0.717) is 28.2 Å². The molecular formula is C28H22O8. The van der Waals surface area contributed by atoms with E-state index in [2.05, 4.69) is 0 Å². The Bertz CT molecular complexity index is 1440. The minimum absolute atomic E-state index is 0.0552. The molecule has 0 radical (unpaired) electrons. The van der Waals surface area contributed by atoms with E-state index in [1.807, 2.05) is 0 Å². The van der Waals surface area contributed by atoms with Gasteiger partial charge in [0, 0.05) is 23.3 Å². The van der Waals surface area contributed by atoms with Crippen molar-refractivity contribution in [1.29, 1.82) is 0 Å². The van der Waals surface area contributed by atoms with Crippen LogP contribution in [0.2, 0.25) is 0 Å². The van der Waals surface area contributed by atoms with Gasteiger partial charge in [-0.2, -0.15) is 0 Å². The molecule has 0 unspecified atom stereocenters. The number of hydrogen-bond acceptors (Lipinski definition) is 8. The van der Waals surface area contributed by atoms with Crippen molar-refractivity contribution in [1.82, 2.24) is 0 Å². The zero-order valence-corrected chi connectivity index (χ0v) is 18.7. The number of fused-ring (bicyclic) bond motifs is 1. The average Bonchev–Trinajstić information content (AvgIpc) is 2.82. The fourth-order valence-corrected chi connectivity index (χ4v) is 4.11. The van der Waals surface area contributed by atoms with Gasteiger partial charge in [0.2, 0.25) is 0 Å². The van der Waals surface area contributed by atoms with Crippen molar-refractivity contribution in [3.63, 3.8) is 0 Å². The summed E-state index contributed by atoms with van der Waals surface area (Å²) < 4.78 is 12.5. The van der Waals surface area contributed by atoms with Crippen molar-refractivity contribution in [2.45, 2.75) is 12.2 Å². The Hall–Kier alpha value is -4.98. The summed E-state index contributed by atoms with van der Waals surface area (Å²) in [5.74, 6) is -0.184. The molecule has 4 aromatic carbocycles. The Kier molecular flexibility index (Phi) is 5.69. The van der Waals surface area contributed by atoms with Crippen molar-refractivity contribution < 1.29 is 40.1 Å². The van der Waals surface area contributed by atoms with Crippen LogP contribution in [0.3, 0.4) is 0 Å². The molecule has 1 aliphatic heterocycles. The molecule has 5 rings (SSSR count). The second kappa shape index (κ2) is 8.99. The Morgan fingerprint density at radius 1 is 0.472 bits per heavy atom. The van der Waals surface area contributed by atoms with E-state index >= 15 is 0 Å². The van der Waals surface area contributed by atoms with Crippen LogP contribution in [0.1, 0.15) is 34.5 Å². The van der Waals surface area contributed by atoms with E-state index < -0.39 is 12.2 Å². The number of rotatable bonds is 4. The van der Waals surface area contributed by atoms with Crippen molar-refractivity contribution in [3.8, 4) is 46.0 Å². The summed E-state index contributed by atoms with van der Waals surface area (Å²) in [6.07, 6.45) is 1.90. The van der Waals surface area contributed by atoms with Crippen LogP contribution >= 0.6 is 0 Å². The molecule has 8 heteroatoms. The van der Waals surface area contributed by atoms with Crippen LogP contribution in [0.25, 0.3) is 12.2 Å². The van der Waals surface area contributed by atoms with Gasteiger partial charge in [-0.05, 0) is 59.7 Å². The molecule has 0 aromatic heterocycles. The maximum absolute atomic E-state index is 10.0. The number of hydrogen-bond donors (Lipinski definition) is 6. The first kappa shape index (κ1) is 22.8. The van der Waals surface area contributed by atoms with Gasteiger partial charge >= 0.3 is 0 Å². The lowest BCUT2D eigenvalue weighted by Gasteiger charge is -2.35. The van der Waals surface area contributed by atoms with E-state index in [0.717, 1.165) is 5.56 Å². The molecule has 182 valence electrons. The predicted molar refractivity (Wildman–Crippen MR) is 131 cm³/mol. The highest BCUT2D eigenvalue weighted by molar-refractivity contribution is 5.72. The minimum Gasteiger partial charge on any atom is -0.508 e. The summed E-state index contributed by atoms with van der Waals surface area (Å²) in [6, 6.07) is 17.9. The van der Waals surface area contributed by atoms with Crippen molar-refractivity contribution in [2.75, 3.05) is 0 Å². The van der Waals surface area contributed by atoms with Gasteiger partial charge in [0.15, 0.2) is 35.2 Å². The fraction of sp³-hybridized carbons (Fsp3) is 0.0714. The zero-order valence-electron chi connectivity index (χ0n) is 18.7. The van der Waals surface area contributed by atoms with Crippen LogP contribution in [0.5, 0.6) is 46.0 Å². The third-order valence-electron chi connectivity index (χ3n) is 5.73. The minimum atomic E-state index is -0.818. The van der Waals surface area contributed by atoms with Crippen molar-refractivity contribution in [3.05, 3.63) is 95.1 Å². The number of phenols is 6. The van der Waals surface area contributed by atoms with Crippen LogP contribution in [-0.2, 0) is 0 Å². The highest BCUT2D eigenvalue weighted by Crippen LogP contribution is 2.48. The van der Waals surface area contributed by atoms with E-state index in [1.165, 1.54) is 48.5 Å². The van der Waals surface area contributed by atoms with E-state index in [9.17, 15) is 30.6 Å². The van der Waals surface area contributed by atoms with Gasteiger partial charge in [-0.1, -0.05) is 24.3 Å². The lowest BCUT2D eigenvalue weighted by molar-refractivity contribution is 0.0180. The smallest absolute Gasteiger partial charge is 0.165 e. The van der Waals surface area contributed by atoms with Gasteiger partial charge in [-0.3, -0.25) is 0 Å². The van der Waals surface area contributed by atoms with E-state index in [-0.39, 0.29) is 34.5 Å². The highest BCUT2D eigenvalue weighted by Gasteiger charge is 2.35. The Morgan fingerprint density at radius 2 is 1.06 bits per heavy atom. The lowest BCUT2D eigenvalue weighted by atomic mass is 9.95. The summed E-state index contributed by atoms with van der Waals surface area (Å²) in [6.45, 7) is 0. The molecule has 0 fully saturated rings. The summed E-state index contributed by atoms with van der Waals surface area (Å²) in [5, 5.41) is 59.2. The molecule has 6 N–H and O–H groups in total. The standard InChI is InChI=1S/C28H22O8/c29-19-7-16(8-20(30)13-19)2-1-15-3-6-25-26(9-15)36-28(18-10-21(31)14-22(32)11-18)27(35-25)17-4-5-23(33)24(34)12-17/h1-14,27-34H/b2-1+/t27-,28-/m1/s1. The van der Waals surface area contributed by atoms with Crippen LogP contribution in [0.15, 0.2) is 72.8 Å². The molecule has 36 heavy (non-hydrogen) atoms. The maximum Gasteiger partial charge on any atom is 0.165 e. The summed E-state index contributed by atoms with van der Waals surface area (Å²) >= 11 is 0. The third-order valence-corrected chi connectivity index (χ3v) is 5.73. The molecule has 0 spiro atoms. The second-order valence-corrected chi connectivity index (χ2v) is 8.43. The topological polar surface area (TPSA) is 140 Å². The van der Waals surface area contributed by atoms with E-state index in [4.69, 9.17) is 9.47 Å². The summed E-state index contributed by atoms with van der Waals surface area (Å²) in [4.78, 5) is 0. The molecule has 0 bridgehead atoms. The Balaban J connectivity index is 1.52. The molecule has 8 nitrogen and oxygen atoms in total. The molecule has 0 amide bonds. The molecule has 1 aliphatic rings. The van der Waals surface area contributed by atoms with Gasteiger partial charge in [-0.15, -0.1) is 0 Å². The SMILES string of the molecule is Oc1cc(O)cc(/C=C/c2ccc3c(c2)O[C@H](c2cc(O)cc(O)c2)[C@@H](c2ccc(O)c(O)c2)O3)c1. The van der Waals surface area contributed by atoms with Crippen LogP contribution in [-0.4, -0.2) is 30.6 Å². The predicted octanol–water partition coefficient (Wildman–Crippen LogP) is 5.34. The van der Waals surface area contributed by atoms with Crippen molar-refractivity contribution in [2.24, 2.45) is 0 Å². The molecule has 2 atom stereocenters. The van der Waals surface area contributed by atoms with Crippen LogP contribution in [0.4, 0.5) is 0 Å². The van der Waals surface area contributed by atoms with Gasteiger partial charge in [0.05, 0.1) is 0 Å². The first-order valence-electron chi connectivity index (χ1n) is 11.0. The summed E-state index contributed by atoms with van der Waals surface area (Å²) in [7, 11) is 0. The normalized spacial score (nSPS) is 16.8. The molecule has 0 saturated carbocycles. The Labute approximate surface area is 205 Å². The fourth-order valence-electron chi connectivity index (χ4n) is 4.11. The molecule has 0 aliphatic carbocycles. The number of benzene rings is 4. The first-order chi connectivity index (χ1) is 17.2. The summed E-state index contributed by atoms with van der Waals surface area (Å²) in [5.41, 5.74) is 2.30. The molecule has 1 heterocycles. The number of ether oxygens (including phenoxy) is 2. The molecule has 4 aromatic rings. The van der Waals surface area contributed by atoms with Gasteiger partial charge in [-0.25, -0.2) is 0 Å². The average molecular weight is 486 g/mol. The number of aromatic hydroxyl groups is 6. The lowest BCUT2D eigenvalue weighted by Crippen LogP contribution is -2.26. The van der Waals surface area contributed by atoms with Crippen molar-refractivity contribution >= 4 is 12.2 Å². The van der Waals surface area contributed by atoms with E-state index in [1.54, 1.807) is 36.4 Å². The zero-order chi connectivity index (χ0) is 25.4. The monoisotopic (exact) mass is 486 g/mol. The highest BCUT2D eigenvalue weighted by atomic mass is 16.6. The van der Waals surface area contributed by atoms with Gasteiger partial charge < -0.3 is 40.1 Å². The van der Waals surface area contributed by atoms with Gasteiger partial charge in [0.25, 0.3) is 0 Å². The van der Waals surface area contributed by atoms with Crippen LogP contribution in [0, 0.1) is 0 Å². The Morgan fingerprint density at radius 3 is 1.72 bits per heavy atom. The molecule has 0 saturated heterocycles.